The van der Waals surface area contributed by atoms with E-state index in [1.54, 1.807) is 0 Å². The van der Waals surface area contributed by atoms with Gasteiger partial charge in [0.05, 0.1) is 4.75 Å². The van der Waals surface area contributed by atoms with E-state index in [-0.39, 0.29) is 11.9 Å². The van der Waals surface area contributed by atoms with Gasteiger partial charge in [0.15, 0.2) is 5.78 Å². The molecule has 1 unspecified atom stereocenters. The first kappa shape index (κ1) is 17.0. The van der Waals surface area contributed by atoms with Gasteiger partial charge in [0.2, 0.25) is 0 Å². The van der Waals surface area contributed by atoms with Gasteiger partial charge in [-0.1, -0.05) is 52.4 Å². The number of hydrogen-bond donors (Lipinski definition) is 1. The van der Waals surface area contributed by atoms with Crippen LogP contribution in [-0.2, 0) is 9.53 Å². The van der Waals surface area contributed by atoms with Crippen LogP contribution in [0.3, 0.4) is 0 Å². The summed E-state index contributed by atoms with van der Waals surface area (Å²) in [6, 6.07) is 0. The highest BCUT2D eigenvalue weighted by Crippen LogP contribution is 2.32. The fraction of sp³-hybridized carbons (Fsp3) is 0.938. The third-order valence-electron chi connectivity index (χ3n) is 4.21. The highest BCUT2D eigenvalue weighted by atomic mass is 32.1. The van der Waals surface area contributed by atoms with E-state index >= 15 is 0 Å². The Morgan fingerprint density at radius 2 is 1.89 bits per heavy atom. The lowest BCUT2D eigenvalue weighted by molar-refractivity contribution is -0.130. The van der Waals surface area contributed by atoms with Gasteiger partial charge >= 0.3 is 0 Å². The lowest BCUT2D eigenvalue weighted by atomic mass is 9.89. The fourth-order valence-corrected chi connectivity index (χ4v) is 3.06. The third kappa shape index (κ3) is 5.47. The first-order valence-corrected chi connectivity index (χ1v) is 8.47. The number of unbranched alkanes of at least 4 members (excludes halogenated alkanes) is 5. The second-order valence-corrected chi connectivity index (χ2v) is 6.62. The number of hydrogen-bond acceptors (Lipinski definition) is 3. The van der Waals surface area contributed by atoms with E-state index in [2.05, 4.69) is 13.8 Å². The van der Waals surface area contributed by atoms with E-state index in [1.165, 1.54) is 32.1 Å². The summed E-state index contributed by atoms with van der Waals surface area (Å²) in [5.41, 5.74) is 0. The van der Waals surface area contributed by atoms with Crippen molar-refractivity contribution < 1.29 is 9.53 Å². The molecule has 0 bridgehead atoms. The molecule has 0 aromatic carbocycles. The molecule has 1 heterocycles. The molecule has 0 spiro atoms. The van der Waals surface area contributed by atoms with Crippen LogP contribution >= 0.6 is 12.6 Å². The molecule has 2 nitrogen and oxygen atoms in total. The Kier molecular flexibility index (Phi) is 8.08. The van der Waals surface area contributed by atoms with Crippen molar-refractivity contribution >= 4 is 18.4 Å². The molecular weight excluding hydrogens is 256 g/mol. The lowest BCUT2D eigenvalue weighted by Crippen LogP contribution is -2.40. The first-order valence-electron chi connectivity index (χ1n) is 8.02. The standard InChI is InChI=1S/C16H30O2S/c1-3-5-6-7-8-9-12-16(19,4-2)15(17)14-11-10-13-18-14/h14,19H,3-13H2,1-2H3/t14?,16-/m0/s1. The summed E-state index contributed by atoms with van der Waals surface area (Å²) >= 11 is 4.70. The van der Waals surface area contributed by atoms with E-state index in [1.807, 2.05) is 0 Å². The smallest absolute Gasteiger partial charge is 0.177 e. The average molecular weight is 286 g/mol. The summed E-state index contributed by atoms with van der Waals surface area (Å²) in [4.78, 5) is 12.5. The molecule has 0 radical (unpaired) electrons. The van der Waals surface area contributed by atoms with Gasteiger partial charge in [0, 0.05) is 6.61 Å². The summed E-state index contributed by atoms with van der Waals surface area (Å²) in [7, 11) is 0. The molecule has 0 aliphatic carbocycles. The Bertz CT molecular complexity index is 261. The van der Waals surface area contributed by atoms with Crippen LogP contribution in [0.2, 0.25) is 0 Å². The summed E-state index contributed by atoms with van der Waals surface area (Å²) in [6.45, 7) is 5.04. The minimum Gasteiger partial charge on any atom is -0.370 e. The van der Waals surface area contributed by atoms with E-state index in [0.717, 1.165) is 38.7 Å². The molecule has 0 aromatic rings. The second-order valence-electron chi connectivity index (χ2n) is 5.77. The molecule has 1 saturated heterocycles. The van der Waals surface area contributed by atoms with Crippen molar-refractivity contribution in [3.8, 4) is 0 Å². The monoisotopic (exact) mass is 286 g/mol. The SMILES string of the molecule is CCCCCCCC[C@@](S)(CC)C(=O)C1CCCO1. The maximum absolute atomic E-state index is 12.5. The molecule has 1 fully saturated rings. The van der Waals surface area contributed by atoms with Crippen LogP contribution in [-0.4, -0.2) is 23.2 Å². The molecular formula is C16H30O2S. The topological polar surface area (TPSA) is 26.3 Å². The van der Waals surface area contributed by atoms with Crippen molar-refractivity contribution in [3.05, 3.63) is 0 Å². The zero-order valence-electron chi connectivity index (χ0n) is 12.6. The maximum Gasteiger partial charge on any atom is 0.177 e. The number of Topliss-reactive ketones (excluding diaryl/α,β-unsaturated/α-hetero) is 1. The average Bonchev–Trinajstić information content (AvgIpc) is 2.95. The van der Waals surface area contributed by atoms with Crippen LogP contribution in [0.1, 0.15) is 78.1 Å². The Morgan fingerprint density at radius 3 is 2.47 bits per heavy atom. The van der Waals surface area contributed by atoms with Gasteiger partial charge in [-0.25, -0.2) is 0 Å². The van der Waals surface area contributed by atoms with Gasteiger partial charge in [-0.2, -0.15) is 12.6 Å². The van der Waals surface area contributed by atoms with Gasteiger partial charge in [0.25, 0.3) is 0 Å². The minimum absolute atomic E-state index is 0.183. The van der Waals surface area contributed by atoms with Crippen molar-refractivity contribution in [3.63, 3.8) is 0 Å². The number of carbonyl (C=O) groups excluding carboxylic acids is 1. The predicted octanol–water partition coefficient (Wildman–Crippen LogP) is 4.56. The summed E-state index contributed by atoms with van der Waals surface area (Å²) < 4.78 is 5.07. The van der Waals surface area contributed by atoms with E-state index < -0.39 is 4.75 Å². The molecule has 0 N–H and O–H groups in total. The molecule has 0 aromatic heterocycles. The van der Waals surface area contributed by atoms with Crippen LogP contribution in [0.15, 0.2) is 0 Å². The van der Waals surface area contributed by atoms with Gasteiger partial charge in [-0.05, 0) is 25.7 Å². The molecule has 0 amide bonds. The highest BCUT2D eigenvalue weighted by molar-refractivity contribution is 7.82. The van der Waals surface area contributed by atoms with Gasteiger partial charge < -0.3 is 4.74 Å². The van der Waals surface area contributed by atoms with Crippen molar-refractivity contribution in [1.82, 2.24) is 0 Å². The summed E-state index contributed by atoms with van der Waals surface area (Å²) in [6.07, 6.45) is 11.0. The Balaban J connectivity index is 2.30. The maximum atomic E-state index is 12.5. The number of ether oxygens (including phenoxy) is 1. The number of rotatable bonds is 10. The molecule has 1 aliphatic heterocycles. The Labute approximate surface area is 124 Å². The molecule has 1 rings (SSSR count). The number of ketones is 1. The highest BCUT2D eigenvalue weighted by Gasteiger charge is 2.38. The normalized spacial score (nSPS) is 22.4. The van der Waals surface area contributed by atoms with Gasteiger partial charge in [-0.3, -0.25) is 4.79 Å². The second kappa shape index (κ2) is 9.02. The van der Waals surface area contributed by atoms with Crippen molar-refractivity contribution in [2.75, 3.05) is 6.61 Å². The van der Waals surface area contributed by atoms with Crippen LogP contribution in [0.4, 0.5) is 0 Å². The largest absolute Gasteiger partial charge is 0.370 e. The van der Waals surface area contributed by atoms with Crippen molar-refractivity contribution in [2.45, 2.75) is 88.9 Å². The van der Waals surface area contributed by atoms with Crippen LogP contribution in [0.5, 0.6) is 0 Å². The lowest BCUT2D eigenvalue weighted by Gasteiger charge is -2.28. The van der Waals surface area contributed by atoms with Gasteiger partial charge in [0.1, 0.15) is 6.10 Å². The van der Waals surface area contributed by atoms with Crippen molar-refractivity contribution in [1.29, 1.82) is 0 Å². The van der Waals surface area contributed by atoms with Crippen LogP contribution in [0, 0.1) is 0 Å². The zero-order chi connectivity index (χ0) is 14.1. The van der Waals surface area contributed by atoms with Crippen molar-refractivity contribution in [2.24, 2.45) is 0 Å². The summed E-state index contributed by atoms with van der Waals surface area (Å²) in [5.74, 6) is 0.226. The minimum atomic E-state index is -0.459. The Morgan fingerprint density at radius 1 is 1.21 bits per heavy atom. The fourth-order valence-electron chi connectivity index (χ4n) is 2.76. The van der Waals surface area contributed by atoms with E-state index in [4.69, 9.17) is 17.4 Å². The summed E-state index contributed by atoms with van der Waals surface area (Å²) in [5, 5.41) is 0. The first-order chi connectivity index (χ1) is 9.14. The molecule has 19 heavy (non-hydrogen) atoms. The molecule has 2 atom stereocenters. The Hall–Kier alpha value is -0.0200. The van der Waals surface area contributed by atoms with Crippen LogP contribution in [0.25, 0.3) is 0 Å². The molecule has 1 aliphatic rings. The predicted molar refractivity (Wildman–Crippen MR) is 84.0 cm³/mol. The van der Waals surface area contributed by atoms with E-state index in [9.17, 15) is 4.79 Å². The van der Waals surface area contributed by atoms with Crippen LogP contribution < -0.4 is 0 Å². The zero-order valence-corrected chi connectivity index (χ0v) is 13.5. The molecule has 112 valence electrons. The molecule has 0 saturated carbocycles. The third-order valence-corrected chi connectivity index (χ3v) is 4.97. The quantitative estimate of drug-likeness (QED) is 0.470. The van der Waals surface area contributed by atoms with Gasteiger partial charge in [-0.15, -0.1) is 0 Å². The van der Waals surface area contributed by atoms with E-state index in [0.29, 0.717) is 0 Å². The number of thiol groups is 1. The molecule has 3 heteroatoms. The number of carbonyl (C=O) groups is 1.